The molecule has 102 valence electrons. The van der Waals surface area contributed by atoms with Gasteiger partial charge >= 0.3 is 6.03 Å². The van der Waals surface area contributed by atoms with E-state index in [4.69, 9.17) is 4.74 Å². The molecule has 3 fully saturated rings. The summed E-state index contributed by atoms with van der Waals surface area (Å²) in [5, 5.41) is 3.06. The molecule has 3 rings (SSSR count). The lowest BCUT2D eigenvalue weighted by molar-refractivity contribution is 0.174. The van der Waals surface area contributed by atoms with Gasteiger partial charge in [0.1, 0.15) is 0 Å². The number of amides is 2. The van der Waals surface area contributed by atoms with Gasteiger partial charge in [0, 0.05) is 20.2 Å². The van der Waals surface area contributed by atoms with Crippen molar-refractivity contribution < 1.29 is 9.53 Å². The molecule has 3 aliphatic rings. The highest BCUT2D eigenvalue weighted by atomic mass is 16.5. The van der Waals surface area contributed by atoms with Gasteiger partial charge in [-0.05, 0) is 43.4 Å². The highest BCUT2D eigenvalue weighted by Crippen LogP contribution is 2.48. The van der Waals surface area contributed by atoms with Gasteiger partial charge in [0.2, 0.25) is 0 Å². The van der Waals surface area contributed by atoms with Crippen LogP contribution in [-0.4, -0.2) is 43.8 Å². The Morgan fingerprint density at radius 2 is 2.22 bits per heavy atom. The molecule has 2 amide bonds. The molecule has 0 spiro atoms. The van der Waals surface area contributed by atoms with Gasteiger partial charge in [-0.3, -0.25) is 0 Å². The largest absolute Gasteiger partial charge is 0.379 e. The maximum Gasteiger partial charge on any atom is 0.317 e. The van der Waals surface area contributed by atoms with Crippen LogP contribution >= 0.6 is 0 Å². The SMILES string of the molecule is CN(CC1CC2CCC1C2)C(=O)NC1CCOC1. The number of fused-ring (bicyclic) bond motifs is 2. The third kappa shape index (κ3) is 2.48. The molecule has 2 aliphatic carbocycles. The van der Waals surface area contributed by atoms with E-state index < -0.39 is 0 Å². The van der Waals surface area contributed by atoms with Crippen molar-refractivity contribution in [2.45, 2.75) is 38.1 Å². The molecule has 1 aliphatic heterocycles. The second kappa shape index (κ2) is 5.08. The highest BCUT2D eigenvalue weighted by Gasteiger charge is 2.40. The molecule has 2 bridgehead atoms. The Balaban J connectivity index is 1.45. The van der Waals surface area contributed by atoms with E-state index in [2.05, 4.69) is 5.32 Å². The molecular weight excluding hydrogens is 228 g/mol. The maximum absolute atomic E-state index is 12.1. The second-order valence-electron chi connectivity index (χ2n) is 6.33. The number of nitrogens with one attached hydrogen (secondary N) is 1. The number of nitrogens with zero attached hydrogens (tertiary/aromatic N) is 1. The van der Waals surface area contributed by atoms with E-state index >= 15 is 0 Å². The Labute approximate surface area is 109 Å². The fourth-order valence-corrected chi connectivity index (χ4v) is 3.97. The van der Waals surface area contributed by atoms with Crippen LogP contribution < -0.4 is 5.32 Å². The van der Waals surface area contributed by atoms with Gasteiger partial charge in [0.05, 0.1) is 12.6 Å². The topological polar surface area (TPSA) is 41.6 Å². The van der Waals surface area contributed by atoms with Crippen molar-refractivity contribution in [3.05, 3.63) is 0 Å². The molecule has 4 unspecified atom stereocenters. The monoisotopic (exact) mass is 252 g/mol. The molecule has 0 aromatic rings. The lowest BCUT2D eigenvalue weighted by atomic mass is 9.88. The van der Waals surface area contributed by atoms with E-state index in [-0.39, 0.29) is 12.1 Å². The van der Waals surface area contributed by atoms with E-state index in [0.717, 1.165) is 37.3 Å². The van der Waals surface area contributed by atoms with Crippen molar-refractivity contribution in [3.63, 3.8) is 0 Å². The lowest BCUT2D eigenvalue weighted by Gasteiger charge is -2.28. The van der Waals surface area contributed by atoms with Crippen LogP contribution in [0.25, 0.3) is 0 Å². The van der Waals surface area contributed by atoms with Crippen molar-refractivity contribution in [2.75, 3.05) is 26.8 Å². The van der Waals surface area contributed by atoms with Gasteiger partial charge < -0.3 is 15.0 Å². The zero-order valence-corrected chi connectivity index (χ0v) is 11.2. The molecule has 0 aromatic heterocycles. The van der Waals surface area contributed by atoms with E-state index in [0.29, 0.717) is 6.61 Å². The minimum Gasteiger partial charge on any atom is -0.379 e. The normalized spacial score (nSPS) is 38.1. The van der Waals surface area contributed by atoms with Gasteiger partial charge in [-0.15, -0.1) is 0 Å². The van der Waals surface area contributed by atoms with Crippen LogP contribution in [0.1, 0.15) is 32.1 Å². The predicted molar refractivity (Wildman–Crippen MR) is 69.3 cm³/mol. The average Bonchev–Trinajstić information content (AvgIpc) is 3.04. The van der Waals surface area contributed by atoms with Crippen LogP contribution in [0.5, 0.6) is 0 Å². The summed E-state index contributed by atoms with van der Waals surface area (Å²) in [6.45, 7) is 2.38. The Morgan fingerprint density at radius 3 is 2.83 bits per heavy atom. The fourth-order valence-electron chi connectivity index (χ4n) is 3.97. The Kier molecular flexibility index (Phi) is 3.46. The van der Waals surface area contributed by atoms with Gasteiger partial charge in [-0.2, -0.15) is 0 Å². The first-order chi connectivity index (χ1) is 8.72. The first kappa shape index (κ1) is 12.3. The summed E-state index contributed by atoms with van der Waals surface area (Å²) in [7, 11) is 1.93. The number of urea groups is 1. The number of hydrogen-bond acceptors (Lipinski definition) is 2. The van der Waals surface area contributed by atoms with E-state index in [1.165, 1.54) is 25.7 Å². The van der Waals surface area contributed by atoms with Crippen molar-refractivity contribution in [1.82, 2.24) is 10.2 Å². The van der Waals surface area contributed by atoms with Gasteiger partial charge in [-0.25, -0.2) is 4.79 Å². The van der Waals surface area contributed by atoms with Crippen molar-refractivity contribution in [3.8, 4) is 0 Å². The number of hydrogen-bond donors (Lipinski definition) is 1. The first-order valence-electron chi connectivity index (χ1n) is 7.31. The third-order valence-corrected chi connectivity index (χ3v) is 5.00. The Hall–Kier alpha value is -0.770. The summed E-state index contributed by atoms with van der Waals surface area (Å²) >= 11 is 0. The molecule has 2 saturated carbocycles. The molecule has 4 atom stereocenters. The molecule has 1 saturated heterocycles. The van der Waals surface area contributed by atoms with Gasteiger partial charge in [0.25, 0.3) is 0 Å². The molecule has 4 nitrogen and oxygen atoms in total. The number of carbonyl (C=O) groups is 1. The van der Waals surface area contributed by atoms with E-state index in [9.17, 15) is 4.79 Å². The van der Waals surface area contributed by atoms with Crippen LogP contribution in [0.15, 0.2) is 0 Å². The van der Waals surface area contributed by atoms with Crippen LogP contribution in [0, 0.1) is 17.8 Å². The summed E-state index contributed by atoms with van der Waals surface area (Å²) < 4.78 is 5.28. The Bertz CT molecular complexity index is 315. The molecule has 0 aromatic carbocycles. The summed E-state index contributed by atoms with van der Waals surface area (Å²) in [5.41, 5.74) is 0. The number of ether oxygens (including phenoxy) is 1. The van der Waals surface area contributed by atoms with Crippen molar-refractivity contribution in [2.24, 2.45) is 17.8 Å². The first-order valence-corrected chi connectivity index (χ1v) is 7.31. The lowest BCUT2D eigenvalue weighted by Crippen LogP contribution is -2.45. The summed E-state index contributed by atoms with van der Waals surface area (Å²) in [5.74, 6) is 2.60. The van der Waals surface area contributed by atoms with Gasteiger partial charge in [0.15, 0.2) is 0 Å². The minimum absolute atomic E-state index is 0.0771. The molecule has 1 heterocycles. The third-order valence-electron chi connectivity index (χ3n) is 5.00. The molecule has 0 radical (unpaired) electrons. The van der Waals surface area contributed by atoms with E-state index in [1.807, 2.05) is 11.9 Å². The maximum atomic E-state index is 12.1. The van der Waals surface area contributed by atoms with Crippen molar-refractivity contribution >= 4 is 6.03 Å². The zero-order valence-electron chi connectivity index (χ0n) is 11.2. The zero-order chi connectivity index (χ0) is 12.5. The fraction of sp³-hybridized carbons (Fsp3) is 0.929. The second-order valence-corrected chi connectivity index (χ2v) is 6.33. The standard InChI is InChI=1S/C14H24N2O2/c1-16(14(17)15-13-4-5-18-9-13)8-12-7-10-2-3-11(12)6-10/h10-13H,2-9H2,1H3,(H,15,17). The molecule has 18 heavy (non-hydrogen) atoms. The van der Waals surface area contributed by atoms with Crippen LogP contribution in [0.2, 0.25) is 0 Å². The predicted octanol–water partition coefficient (Wildman–Crippen LogP) is 1.85. The minimum atomic E-state index is 0.0771. The van der Waals surface area contributed by atoms with E-state index in [1.54, 1.807) is 0 Å². The number of rotatable bonds is 3. The van der Waals surface area contributed by atoms with Crippen molar-refractivity contribution in [1.29, 1.82) is 0 Å². The molecular formula is C14H24N2O2. The summed E-state index contributed by atoms with van der Waals surface area (Å²) in [6, 6.07) is 0.299. The Morgan fingerprint density at radius 1 is 1.33 bits per heavy atom. The smallest absolute Gasteiger partial charge is 0.317 e. The van der Waals surface area contributed by atoms with Crippen LogP contribution in [-0.2, 0) is 4.74 Å². The quantitative estimate of drug-likeness (QED) is 0.833. The van der Waals surface area contributed by atoms with Crippen LogP contribution in [0.3, 0.4) is 0 Å². The molecule has 4 heteroatoms. The van der Waals surface area contributed by atoms with Crippen LogP contribution in [0.4, 0.5) is 4.79 Å². The average molecular weight is 252 g/mol. The number of carbonyl (C=O) groups excluding carboxylic acids is 1. The highest BCUT2D eigenvalue weighted by molar-refractivity contribution is 5.74. The summed E-state index contributed by atoms with van der Waals surface area (Å²) in [4.78, 5) is 13.9. The summed E-state index contributed by atoms with van der Waals surface area (Å²) in [6.07, 6.45) is 6.52. The van der Waals surface area contributed by atoms with Gasteiger partial charge in [-0.1, -0.05) is 6.42 Å². The molecule has 1 N–H and O–H groups in total.